The SMILES string of the molecule is COc1ccc(C2(C(=O)Nc3cc4ccccc4c(N4CCN(C)CC4)n3)CC2)cc1.[HH]. The van der Waals surface area contributed by atoms with Crippen molar-refractivity contribution in [2.75, 3.05) is 50.6 Å². The van der Waals surface area contributed by atoms with Crippen LogP contribution in [0.3, 0.4) is 0 Å². The number of methoxy groups -OCH3 is 1. The van der Waals surface area contributed by atoms with Crippen molar-refractivity contribution in [3.8, 4) is 5.75 Å². The van der Waals surface area contributed by atoms with Crippen LogP contribution in [0.2, 0.25) is 0 Å². The van der Waals surface area contributed by atoms with E-state index in [9.17, 15) is 4.79 Å². The number of carbonyl (C=O) groups excluding carboxylic acids is 1. The van der Waals surface area contributed by atoms with Crippen LogP contribution in [0.4, 0.5) is 11.6 Å². The molecule has 1 saturated carbocycles. The van der Waals surface area contributed by atoms with Crippen LogP contribution in [-0.2, 0) is 10.2 Å². The summed E-state index contributed by atoms with van der Waals surface area (Å²) in [7, 11) is 3.80. The normalized spacial score (nSPS) is 18.1. The van der Waals surface area contributed by atoms with Gasteiger partial charge in [-0.15, -0.1) is 0 Å². The summed E-state index contributed by atoms with van der Waals surface area (Å²) in [5.74, 6) is 2.39. The number of piperazine rings is 1. The van der Waals surface area contributed by atoms with Gasteiger partial charge in [0.25, 0.3) is 0 Å². The first-order chi connectivity index (χ1) is 15.1. The number of pyridine rings is 1. The van der Waals surface area contributed by atoms with E-state index in [1.54, 1.807) is 7.11 Å². The number of hydrogen-bond acceptors (Lipinski definition) is 5. The van der Waals surface area contributed by atoms with E-state index in [0.29, 0.717) is 5.82 Å². The Morgan fingerprint density at radius 1 is 1.06 bits per heavy atom. The van der Waals surface area contributed by atoms with Crippen molar-refractivity contribution >= 4 is 28.3 Å². The highest BCUT2D eigenvalue weighted by Gasteiger charge is 2.51. The third-order valence-electron chi connectivity index (χ3n) is 6.59. The molecule has 6 nitrogen and oxygen atoms in total. The third-order valence-corrected chi connectivity index (χ3v) is 6.59. The van der Waals surface area contributed by atoms with Crippen LogP contribution in [0.1, 0.15) is 19.8 Å². The van der Waals surface area contributed by atoms with Gasteiger partial charge in [0.1, 0.15) is 17.4 Å². The van der Waals surface area contributed by atoms with E-state index >= 15 is 0 Å². The minimum absolute atomic E-state index is 0. The molecule has 1 aromatic heterocycles. The first-order valence-corrected chi connectivity index (χ1v) is 10.9. The number of anilines is 2. The lowest BCUT2D eigenvalue weighted by atomic mass is 9.95. The van der Waals surface area contributed by atoms with Crippen LogP contribution < -0.4 is 15.0 Å². The summed E-state index contributed by atoms with van der Waals surface area (Å²) in [4.78, 5) is 22.9. The zero-order valence-electron chi connectivity index (χ0n) is 18.1. The van der Waals surface area contributed by atoms with Crippen molar-refractivity contribution in [1.82, 2.24) is 9.88 Å². The zero-order chi connectivity index (χ0) is 21.4. The van der Waals surface area contributed by atoms with Gasteiger partial charge in [-0.25, -0.2) is 4.98 Å². The lowest BCUT2D eigenvalue weighted by molar-refractivity contribution is -0.118. The molecule has 0 atom stereocenters. The predicted octanol–water partition coefficient (Wildman–Crippen LogP) is 3.91. The summed E-state index contributed by atoms with van der Waals surface area (Å²) in [5, 5.41) is 5.35. The Bertz CT molecular complexity index is 1110. The fourth-order valence-electron chi connectivity index (χ4n) is 4.42. The Morgan fingerprint density at radius 3 is 2.45 bits per heavy atom. The average Bonchev–Trinajstić information content (AvgIpc) is 3.61. The number of amides is 1. The third kappa shape index (κ3) is 3.72. The van der Waals surface area contributed by atoms with E-state index in [1.165, 1.54) is 0 Å². The summed E-state index contributed by atoms with van der Waals surface area (Å²) in [5.41, 5.74) is 0.569. The predicted molar refractivity (Wildman–Crippen MR) is 126 cm³/mol. The Balaban J connectivity index is 0.00000245. The molecule has 1 aliphatic heterocycles. The molecule has 2 aromatic carbocycles. The molecule has 1 amide bonds. The molecule has 6 heteroatoms. The molecular formula is C25H30N4O2. The van der Waals surface area contributed by atoms with Gasteiger partial charge in [-0.3, -0.25) is 4.79 Å². The van der Waals surface area contributed by atoms with E-state index in [0.717, 1.165) is 66.9 Å². The molecule has 0 unspecified atom stereocenters. The van der Waals surface area contributed by atoms with Crippen molar-refractivity contribution in [3.63, 3.8) is 0 Å². The Morgan fingerprint density at radius 2 is 1.77 bits per heavy atom. The topological polar surface area (TPSA) is 57.7 Å². The van der Waals surface area contributed by atoms with Gasteiger partial charge >= 0.3 is 0 Å². The quantitative estimate of drug-likeness (QED) is 0.681. The number of nitrogens with zero attached hydrogens (tertiary/aromatic N) is 3. The Kier molecular flexibility index (Phi) is 5.02. The van der Waals surface area contributed by atoms with Gasteiger partial charge in [-0.1, -0.05) is 36.4 Å². The maximum atomic E-state index is 13.3. The molecule has 162 valence electrons. The minimum Gasteiger partial charge on any atom is -0.497 e. The molecule has 1 aliphatic carbocycles. The molecule has 3 aromatic rings. The summed E-state index contributed by atoms with van der Waals surface area (Å²) < 4.78 is 5.26. The fraction of sp³-hybridized carbons (Fsp3) is 0.360. The van der Waals surface area contributed by atoms with Gasteiger partial charge in [0.2, 0.25) is 5.91 Å². The monoisotopic (exact) mass is 418 g/mol. The molecule has 0 bridgehead atoms. The molecule has 2 aliphatic rings. The summed E-state index contributed by atoms with van der Waals surface area (Å²) in [6.07, 6.45) is 1.70. The lowest BCUT2D eigenvalue weighted by Gasteiger charge is -2.34. The Labute approximate surface area is 184 Å². The van der Waals surface area contributed by atoms with Crippen LogP contribution in [-0.4, -0.2) is 56.1 Å². The molecule has 2 fully saturated rings. The van der Waals surface area contributed by atoms with Crippen molar-refractivity contribution < 1.29 is 11.0 Å². The van der Waals surface area contributed by atoms with Crippen LogP contribution in [0, 0.1) is 0 Å². The first kappa shape index (κ1) is 19.8. The molecular weight excluding hydrogens is 388 g/mol. The second-order valence-electron chi connectivity index (χ2n) is 8.61. The molecule has 1 N–H and O–H groups in total. The van der Waals surface area contributed by atoms with E-state index in [1.807, 2.05) is 42.5 Å². The Hall–Kier alpha value is -3.12. The van der Waals surface area contributed by atoms with Gasteiger partial charge in [0.05, 0.1) is 12.5 Å². The maximum absolute atomic E-state index is 13.3. The molecule has 1 saturated heterocycles. The number of ether oxygens (including phenoxy) is 1. The summed E-state index contributed by atoms with van der Waals surface area (Å²) >= 11 is 0. The second kappa shape index (κ2) is 7.85. The standard InChI is InChI=1S/C25H28N4O2.H2/c1-28-13-15-29(16-14-28)23-21-6-4-3-5-18(21)17-22(26-23)27-24(30)25(11-12-25)19-7-9-20(31-2)10-8-19;/h3-10,17H,11-16H2,1-2H3,(H,26,27,30);1H. The molecule has 0 spiro atoms. The number of aromatic nitrogens is 1. The first-order valence-electron chi connectivity index (χ1n) is 10.9. The highest BCUT2D eigenvalue weighted by molar-refractivity contribution is 6.03. The number of likely N-dealkylation sites (N-methyl/N-ethyl adjacent to an activating group) is 1. The van der Waals surface area contributed by atoms with Gasteiger partial charge in [-0.2, -0.15) is 0 Å². The fourth-order valence-corrected chi connectivity index (χ4v) is 4.42. The number of fused-ring (bicyclic) bond motifs is 1. The van der Waals surface area contributed by atoms with E-state index in [4.69, 9.17) is 9.72 Å². The van der Waals surface area contributed by atoms with Crippen LogP contribution in [0.15, 0.2) is 54.6 Å². The number of hydrogen-bond donors (Lipinski definition) is 1. The van der Waals surface area contributed by atoms with Gasteiger partial charge < -0.3 is 19.9 Å². The summed E-state index contributed by atoms with van der Waals surface area (Å²) in [6, 6.07) is 18.1. The highest BCUT2D eigenvalue weighted by Crippen LogP contribution is 2.49. The highest BCUT2D eigenvalue weighted by atomic mass is 16.5. The van der Waals surface area contributed by atoms with Crippen LogP contribution in [0.25, 0.3) is 10.8 Å². The number of benzene rings is 2. The lowest BCUT2D eigenvalue weighted by Crippen LogP contribution is -2.45. The number of rotatable bonds is 5. The maximum Gasteiger partial charge on any atom is 0.236 e. The van der Waals surface area contributed by atoms with Gasteiger partial charge in [-0.05, 0) is 49.0 Å². The molecule has 2 heterocycles. The largest absolute Gasteiger partial charge is 0.497 e. The molecule has 0 radical (unpaired) electrons. The van der Waals surface area contributed by atoms with E-state index in [2.05, 4.69) is 34.3 Å². The van der Waals surface area contributed by atoms with Crippen LogP contribution in [0.5, 0.6) is 5.75 Å². The molecule has 5 rings (SSSR count). The average molecular weight is 419 g/mol. The van der Waals surface area contributed by atoms with Crippen molar-refractivity contribution in [3.05, 3.63) is 60.2 Å². The van der Waals surface area contributed by atoms with Crippen molar-refractivity contribution in [2.24, 2.45) is 0 Å². The molecule has 31 heavy (non-hydrogen) atoms. The van der Waals surface area contributed by atoms with Gasteiger partial charge in [0.15, 0.2) is 0 Å². The second-order valence-corrected chi connectivity index (χ2v) is 8.61. The van der Waals surface area contributed by atoms with Crippen molar-refractivity contribution in [1.29, 1.82) is 0 Å². The smallest absolute Gasteiger partial charge is 0.236 e. The summed E-state index contributed by atoms with van der Waals surface area (Å²) in [6.45, 7) is 3.88. The zero-order valence-corrected chi connectivity index (χ0v) is 18.1. The van der Waals surface area contributed by atoms with E-state index < -0.39 is 5.41 Å². The number of carbonyl (C=O) groups is 1. The number of nitrogens with one attached hydrogen (secondary N) is 1. The van der Waals surface area contributed by atoms with Crippen molar-refractivity contribution in [2.45, 2.75) is 18.3 Å². The van der Waals surface area contributed by atoms with E-state index in [-0.39, 0.29) is 7.33 Å². The van der Waals surface area contributed by atoms with Crippen LogP contribution >= 0.6 is 0 Å². The van der Waals surface area contributed by atoms with Gasteiger partial charge in [0, 0.05) is 33.0 Å². The minimum atomic E-state index is -0.465.